The van der Waals surface area contributed by atoms with E-state index in [0.29, 0.717) is 11.1 Å². The van der Waals surface area contributed by atoms with E-state index in [4.69, 9.17) is 19.9 Å². The summed E-state index contributed by atoms with van der Waals surface area (Å²) in [4.78, 5) is 19.6. The molecule has 8 aromatic carbocycles. The van der Waals surface area contributed by atoms with Gasteiger partial charge in [-0.2, -0.15) is 0 Å². The molecule has 1 aliphatic rings. The Bertz CT molecular complexity index is 2770. The van der Waals surface area contributed by atoms with Gasteiger partial charge in [0.05, 0.1) is 22.9 Å². The Morgan fingerprint density at radius 3 is 0.880 bits per heavy atom. The number of phenolic OH excluding ortho intramolecular Hbond substituents is 2. The maximum Gasteiger partial charge on any atom is 0.128 e. The molecule has 0 spiro atoms. The fourth-order valence-corrected chi connectivity index (χ4v) is 11.0. The van der Waals surface area contributed by atoms with Crippen LogP contribution in [0.4, 0.5) is 0 Å². The number of nitrogens with zero attached hydrogens (tertiary/aromatic N) is 2. The molecule has 6 nitrogen and oxygen atoms in total. The first kappa shape index (κ1) is 55.4. The summed E-state index contributed by atoms with van der Waals surface area (Å²) in [7, 11) is 0. The third-order valence-corrected chi connectivity index (χ3v) is 14.5. The van der Waals surface area contributed by atoms with E-state index in [0.717, 1.165) is 88.2 Å². The fourth-order valence-electron chi connectivity index (χ4n) is 11.0. The second kappa shape index (κ2) is 23.9. The van der Waals surface area contributed by atoms with Crippen LogP contribution in [0.2, 0.25) is 0 Å². The molecule has 2 atom stereocenters. The second-order valence-electron chi connectivity index (χ2n) is 21.6. The third-order valence-electron chi connectivity index (χ3n) is 14.5. The number of benzene rings is 8. The summed E-state index contributed by atoms with van der Waals surface area (Å²) in [6, 6.07) is 72.8. The Morgan fingerprint density at radius 1 is 0.440 bits per heavy atom. The molecule has 8 aromatic rings. The van der Waals surface area contributed by atoms with Crippen molar-refractivity contribution in [1.29, 1.82) is 0 Å². The van der Waals surface area contributed by atoms with Crippen molar-refractivity contribution >= 4 is 18.4 Å². The van der Waals surface area contributed by atoms with Gasteiger partial charge in [0.15, 0.2) is 0 Å². The van der Waals surface area contributed by atoms with Gasteiger partial charge in [-0.1, -0.05) is 236 Å². The number of carboxylic acid groups (broad SMARTS) is 1. The molecule has 0 aromatic heterocycles. The molecule has 0 amide bonds. The van der Waals surface area contributed by atoms with Crippen LogP contribution in [-0.2, 0) is 43.5 Å². The van der Waals surface area contributed by atoms with E-state index in [1.54, 1.807) is 0 Å². The Hall–Kier alpha value is -7.31. The van der Waals surface area contributed by atoms with Crippen molar-refractivity contribution in [2.24, 2.45) is 9.98 Å². The number of aromatic hydroxyl groups is 2. The zero-order valence-corrected chi connectivity index (χ0v) is 45.4. The van der Waals surface area contributed by atoms with Gasteiger partial charge in [0, 0.05) is 57.7 Å². The molecule has 1 aliphatic carbocycles. The van der Waals surface area contributed by atoms with Crippen molar-refractivity contribution < 1.29 is 37.2 Å². The van der Waals surface area contributed by atoms with Crippen LogP contribution in [0.3, 0.4) is 0 Å². The quantitative estimate of drug-likeness (QED) is 0.0722. The monoisotopic (exact) mass is 1030 g/mol. The van der Waals surface area contributed by atoms with Gasteiger partial charge >= 0.3 is 0 Å². The van der Waals surface area contributed by atoms with Crippen LogP contribution in [0.5, 0.6) is 11.5 Å². The van der Waals surface area contributed by atoms with Gasteiger partial charge in [0.25, 0.3) is 0 Å². The number of rotatable bonds is 12. The molecule has 2 N–H and O–H groups in total. The van der Waals surface area contributed by atoms with Crippen LogP contribution < -0.4 is 5.11 Å². The van der Waals surface area contributed by atoms with Crippen LogP contribution >= 0.6 is 0 Å². The van der Waals surface area contributed by atoms with E-state index < -0.39 is 16.8 Å². The molecule has 9 rings (SSSR count). The van der Waals surface area contributed by atoms with Crippen LogP contribution in [0.25, 0.3) is 0 Å². The Morgan fingerprint density at radius 2 is 0.667 bits per heavy atom. The minimum absolute atomic E-state index is 0. The summed E-state index contributed by atoms with van der Waals surface area (Å²) in [5.41, 5.74) is 9.88. The molecule has 383 valence electrons. The van der Waals surface area contributed by atoms with Gasteiger partial charge in [-0.25, -0.2) is 0 Å². The first-order chi connectivity index (χ1) is 35.6. The molecule has 0 aliphatic heterocycles. The molecular formula is C68H69MnN2O4-. The molecule has 1 fully saturated rings. The van der Waals surface area contributed by atoms with Crippen molar-refractivity contribution in [2.75, 3.05) is 0 Å². The second-order valence-corrected chi connectivity index (χ2v) is 21.6. The Labute approximate surface area is 455 Å². The van der Waals surface area contributed by atoms with E-state index in [2.05, 4.69) is 248 Å². The molecule has 75 heavy (non-hydrogen) atoms. The van der Waals surface area contributed by atoms with Crippen LogP contribution in [-0.4, -0.2) is 40.7 Å². The van der Waals surface area contributed by atoms with Crippen molar-refractivity contribution in [3.05, 3.63) is 273 Å². The maximum atomic E-state index is 12.3. The van der Waals surface area contributed by atoms with Gasteiger partial charge in [0.1, 0.15) is 11.5 Å². The van der Waals surface area contributed by atoms with E-state index in [-0.39, 0.29) is 51.5 Å². The predicted molar refractivity (Wildman–Crippen MR) is 302 cm³/mol. The molecule has 0 unspecified atom stereocenters. The zero-order chi connectivity index (χ0) is 52.5. The van der Waals surface area contributed by atoms with E-state index in [1.807, 2.05) is 12.4 Å². The van der Waals surface area contributed by atoms with Crippen LogP contribution in [0, 0.1) is 0 Å². The summed E-state index contributed by atoms with van der Waals surface area (Å²) in [6.07, 6.45) is 7.62. The number of carbonyl (C=O) groups excluding carboxylic acids is 1. The Balaban J connectivity index is 0.00000158. The predicted octanol–water partition coefficient (Wildman–Crippen LogP) is 14.1. The van der Waals surface area contributed by atoms with Crippen molar-refractivity contribution in [3.63, 3.8) is 0 Å². The molecule has 7 heteroatoms. The Kier molecular flexibility index (Phi) is 17.7. The van der Waals surface area contributed by atoms with E-state index in [1.165, 1.54) is 0 Å². The molecule has 1 saturated carbocycles. The first-order valence-electron chi connectivity index (χ1n) is 25.9. The molecule has 0 bridgehead atoms. The van der Waals surface area contributed by atoms with Gasteiger partial charge in [-0.15, -0.1) is 0 Å². The average molecular weight is 1030 g/mol. The van der Waals surface area contributed by atoms with Gasteiger partial charge in [0.2, 0.25) is 0 Å². The zero-order valence-electron chi connectivity index (χ0n) is 44.3. The molecule has 1 radical (unpaired) electrons. The number of hydrogen-bond donors (Lipinski definition) is 2. The van der Waals surface area contributed by atoms with Gasteiger partial charge < -0.3 is 20.1 Å². The molecular weight excluding hydrogens is 964 g/mol. The number of carboxylic acids is 1. The fraction of sp³-hybridized carbons (Fsp3) is 0.250. The number of aliphatic carboxylic acids is 1. The van der Waals surface area contributed by atoms with Crippen LogP contribution in [0.1, 0.15) is 141 Å². The maximum absolute atomic E-state index is 12.3. The largest absolute Gasteiger partial charge is 0.550 e. The summed E-state index contributed by atoms with van der Waals surface area (Å²) in [5, 5.41) is 33.5. The van der Waals surface area contributed by atoms with Crippen molar-refractivity contribution in [2.45, 2.75) is 108 Å². The summed E-state index contributed by atoms with van der Waals surface area (Å²) >= 11 is 0. The third kappa shape index (κ3) is 11.8. The number of carbonyl (C=O) groups is 1. The SMILES string of the molecule is CC(=O)[O-].CC(C)(C)c1cc(C(c2ccccc2)(c2ccccc2)c2ccccc2)cc(C=N[C@@H]2CCCC[C@H]2N=Cc2cc(C(c3ccccc3)(c3ccccc3)c3ccccc3)cc(C(C)(C)C)c2O)c1O.[Mn]. The number of aliphatic imine (C=N–C) groups is 2. The number of phenols is 2. The van der Waals surface area contributed by atoms with Crippen molar-refractivity contribution in [1.82, 2.24) is 0 Å². The van der Waals surface area contributed by atoms with Crippen LogP contribution in [0.15, 0.2) is 216 Å². The molecule has 0 saturated heterocycles. The molecule has 0 heterocycles. The average Bonchev–Trinajstić information content (AvgIpc) is 3.40. The topological polar surface area (TPSA) is 105 Å². The standard InChI is InChI=1S/C66H66N2O2.C2H4O2.Mn/c1-63(2,3)57-43-55(65(49-27-13-7-14-28-49,50-29-15-8-16-30-50)51-31-17-9-18-32-51)41-47(61(57)69)45-67-59-39-25-26-40-60(59)68-46-48-42-56(44-58(62(48)70)64(4,5)6)66(52-33-19-10-20-34-52,53-35-21-11-22-36-53)54-37-23-12-24-38-54;1-2(3)4;/h7-24,27-38,41-46,59-60,69-70H,25-26,39-40H2,1-6H3;1H3,(H,3,4);/p-1/t59-,60-;;/m1../s1. The van der Waals surface area contributed by atoms with Crippen molar-refractivity contribution in [3.8, 4) is 11.5 Å². The normalized spacial score (nSPS) is 15.2. The smallest absolute Gasteiger partial charge is 0.128 e. The minimum Gasteiger partial charge on any atom is -0.550 e. The van der Waals surface area contributed by atoms with E-state index >= 15 is 0 Å². The number of hydrogen-bond acceptors (Lipinski definition) is 6. The summed E-state index contributed by atoms with van der Waals surface area (Å²) < 4.78 is 0. The van der Waals surface area contributed by atoms with E-state index in [9.17, 15) is 10.2 Å². The van der Waals surface area contributed by atoms with Gasteiger partial charge in [-0.05, 0) is 99.4 Å². The first-order valence-corrected chi connectivity index (χ1v) is 25.9. The minimum atomic E-state index is -1.08. The summed E-state index contributed by atoms with van der Waals surface area (Å²) in [5.74, 6) is -0.594. The van der Waals surface area contributed by atoms with Gasteiger partial charge in [-0.3, -0.25) is 9.98 Å². The summed E-state index contributed by atoms with van der Waals surface area (Å²) in [6.45, 7) is 13.9.